The summed E-state index contributed by atoms with van der Waals surface area (Å²) in [5.41, 5.74) is -0.172. The molecule has 0 atom stereocenters. The van der Waals surface area contributed by atoms with E-state index in [1.54, 1.807) is 0 Å². The van der Waals surface area contributed by atoms with Crippen molar-refractivity contribution in [2.24, 2.45) is 11.3 Å². The Balaban J connectivity index is 2.47. The molecule has 0 heterocycles. The van der Waals surface area contributed by atoms with E-state index in [0.717, 1.165) is 26.2 Å². The van der Waals surface area contributed by atoms with Gasteiger partial charge >= 0.3 is 0 Å². The van der Waals surface area contributed by atoms with E-state index in [1.165, 1.54) is 25.7 Å². The van der Waals surface area contributed by atoms with Crippen LogP contribution in [0.25, 0.3) is 0 Å². The summed E-state index contributed by atoms with van der Waals surface area (Å²) in [6, 6.07) is 0. The molecule has 3 nitrogen and oxygen atoms in total. The summed E-state index contributed by atoms with van der Waals surface area (Å²) in [6.07, 6.45) is 5.38. The standard InChI is InChI=1S/C16H34N2O/c1-14(2)10-17-11-16(8-6-7-9-16)13-18(5)12-15(3,4)19/h14,17,19H,6-13H2,1-5H3. The van der Waals surface area contributed by atoms with Gasteiger partial charge in [0.05, 0.1) is 5.60 Å². The van der Waals surface area contributed by atoms with Gasteiger partial charge in [0.15, 0.2) is 0 Å². The van der Waals surface area contributed by atoms with Gasteiger partial charge in [-0.3, -0.25) is 0 Å². The third-order valence-electron chi connectivity index (χ3n) is 3.98. The van der Waals surface area contributed by atoms with E-state index in [1.807, 2.05) is 13.8 Å². The average molecular weight is 270 g/mol. The van der Waals surface area contributed by atoms with Crippen molar-refractivity contribution in [3.8, 4) is 0 Å². The van der Waals surface area contributed by atoms with Gasteiger partial charge in [0, 0.05) is 19.6 Å². The molecule has 0 bridgehead atoms. The van der Waals surface area contributed by atoms with Gasteiger partial charge in [-0.05, 0) is 51.6 Å². The van der Waals surface area contributed by atoms with Gasteiger partial charge < -0.3 is 15.3 Å². The summed E-state index contributed by atoms with van der Waals surface area (Å²) in [5, 5.41) is 13.6. The van der Waals surface area contributed by atoms with Crippen molar-refractivity contribution < 1.29 is 5.11 Å². The number of nitrogens with zero attached hydrogens (tertiary/aromatic N) is 1. The third kappa shape index (κ3) is 6.73. The van der Waals surface area contributed by atoms with E-state index >= 15 is 0 Å². The number of hydrogen-bond acceptors (Lipinski definition) is 3. The number of likely N-dealkylation sites (N-methyl/N-ethyl adjacent to an activating group) is 1. The van der Waals surface area contributed by atoms with Crippen molar-refractivity contribution in [1.82, 2.24) is 10.2 Å². The first-order valence-electron chi connectivity index (χ1n) is 7.84. The van der Waals surface area contributed by atoms with Gasteiger partial charge in [0.25, 0.3) is 0 Å². The summed E-state index contributed by atoms with van der Waals surface area (Å²) < 4.78 is 0. The van der Waals surface area contributed by atoms with Crippen LogP contribution >= 0.6 is 0 Å². The summed E-state index contributed by atoms with van der Waals surface area (Å²) >= 11 is 0. The van der Waals surface area contributed by atoms with E-state index < -0.39 is 5.60 Å². The van der Waals surface area contributed by atoms with Gasteiger partial charge in [-0.25, -0.2) is 0 Å². The highest BCUT2D eigenvalue weighted by Gasteiger charge is 2.35. The summed E-state index contributed by atoms with van der Waals surface area (Å²) in [7, 11) is 2.14. The Labute approximate surface area is 119 Å². The van der Waals surface area contributed by atoms with Crippen molar-refractivity contribution >= 4 is 0 Å². The van der Waals surface area contributed by atoms with Crippen LogP contribution in [-0.4, -0.2) is 48.8 Å². The first kappa shape index (κ1) is 16.9. The van der Waals surface area contributed by atoms with E-state index in [0.29, 0.717) is 11.3 Å². The van der Waals surface area contributed by atoms with Crippen molar-refractivity contribution in [3.05, 3.63) is 0 Å². The molecule has 0 radical (unpaired) electrons. The van der Waals surface area contributed by atoms with Crippen LogP contribution in [0.4, 0.5) is 0 Å². The molecule has 0 aromatic carbocycles. The molecule has 0 aliphatic heterocycles. The lowest BCUT2D eigenvalue weighted by Crippen LogP contribution is -2.45. The van der Waals surface area contributed by atoms with E-state index in [-0.39, 0.29) is 0 Å². The van der Waals surface area contributed by atoms with Crippen LogP contribution in [0.5, 0.6) is 0 Å². The highest BCUT2D eigenvalue weighted by Crippen LogP contribution is 2.38. The Hall–Kier alpha value is -0.120. The lowest BCUT2D eigenvalue weighted by molar-refractivity contribution is 0.0304. The van der Waals surface area contributed by atoms with Crippen LogP contribution in [0.15, 0.2) is 0 Å². The van der Waals surface area contributed by atoms with Gasteiger partial charge in [-0.15, -0.1) is 0 Å². The zero-order chi connectivity index (χ0) is 14.5. The van der Waals surface area contributed by atoms with Gasteiger partial charge in [0.1, 0.15) is 0 Å². The van der Waals surface area contributed by atoms with Crippen LogP contribution in [-0.2, 0) is 0 Å². The fourth-order valence-corrected chi connectivity index (χ4v) is 3.43. The molecule has 0 aromatic rings. The lowest BCUT2D eigenvalue weighted by Gasteiger charge is -2.36. The molecule has 0 spiro atoms. The van der Waals surface area contributed by atoms with Gasteiger partial charge in [-0.2, -0.15) is 0 Å². The van der Waals surface area contributed by atoms with Crippen LogP contribution < -0.4 is 5.32 Å². The minimum absolute atomic E-state index is 0.425. The topological polar surface area (TPSA) is 35.5 Å². The zero-order valence-corrected chi connectivity index (χ0v) is 13.6. The summed E-state index contributed by atoms with van der Waals surface area (Å²) in [6.45, 7) is 12.4. The Morgan fingerprint density at radius 1 is 1.26 bits per heavy atom. The fourth-order valence-electron chi connectivity index (χ4n) is 3.43. The third-order valence-corrected chi connectivity index (χ3v) is 3.98. The Kier molecular flexibility index (Phi) is 6.28. The van der Waals surface area contributed by atoms with Crippen LogP contribution in [0.3, 0.4) is 0 Å². The Bertz CT molecular complexity index is 252. The molecule has 0 saturated heterocycles. The summed E-state index contributed by atoms with van der Waals surface area (Å²) in [5.74, 6) is 0.715. The van der Waals surface area contributed by atoms with Gasteiger partial charge in [-0.1, -0.05) is 26.7 Å². The van der Waals surface area contributed by atoms with E-state index in [2.05, 4.69) is 31.1 Å². The molecular formula is C16H34N2O. The maximum atomic E-state index is 9.94. The largest absolute Gasteiger partial charge is 0.389 e. The highest BCUT2D eigenvalue weighted by molar-refractivity contribution is 4.90. The lowest BCUT2D eigenvalue weighted by atomic mass is 9.85. The monoisotopic (exact) mass is 270 g/mol. The van der Waals surface area contributed by atoms with Crippen molar-refractivity contribution in [2.45, 2.75) is 59.0 Å². The maximum Gasteiger partial charge on any atom is 0.0718 e. The first-order valence-corrected chi connectivity index (χ1v) is 7.84. The molecule has 1 saturated carbocycles. The zero-order valence-electron chi connectivity index (χ0n) is 13.6. The SMILES string of the molecule is CC(C)CNCC1(CN(C)CC(C)(C)O)CCCC1. The van der Waals surface area contributed by atoms with Crippen molar-refractivity contribution in [2.75, 3.05) is 33.2 Å². The van der Waals surface area contributed by atoms with Crippen LogP contribution in [0, 0.1) is 11.3 Å². The molecular weight excluding hydrogens is 236 g/mol. The number of aliphatic hydroxyl groups is 1. The molecule has 2 N–H and O–H groups in total. The van der Waals surface area contributed by atoms with E-state index in [4.69, 9.17) is 0 Å². The second-order valence-corrected chi connectivity index (χ2v) is 7.72. The molecule has 3 heteroatoms. The molecule has 0 amide bonds. The number of rotatable bonds is 8. The highest BCUT2D eigenvalue weighted by atomic mass is 16.3. The Morgan fingerprint density at radius 3 is 2.32 bits per heavy atom. The number of hydrogen-bond donors (Lipinski definition) is 2. The predicted molar refractivity (Wildman–Crippen MR) is 82.4 cm³/mol. The molecule has 1 aliphatic carbocycles. The maximum absolute atomic E-state index is 9.94. The summed E-state index contributed by atoms with van der Waals surface area (Å²) in [4.78, 5) is 2.31. The van der Waals surface area contributed by atoms with Crippen LogP contribution in [0.1, 0.15) is 53.4 Å². The fraction of sp³-hybridized carbons (Fsp3) is 1.00. The molecule has 1 aliphatic rings. The minimum Gasteiger partial charge on any atom is -0.389 e. The van der Waals surface area contributed by atoms with Gasteiger partial charge in [0.2, 0.25) is 0 Å². The minimum atomic E-state index is -0.597. The van der Waals surface area contributed by atoms with Crippen LogP contribution in [0.2, 0.25) is 0 Å². The second kappa shape index (κ2) is 7.05. The smallest absolute Gasteiger partial charge is 0.0718 e. The average Bonchev–Trinajstić information content (AvgIpc) is 2.62. The van der Waals surface area contributed by atoms with Crippen molar-refractivity contribution in [3.63, 3.8) is 0 Å². The number of nitrogens with one attached hydrogen (secondary N) is 1. The first-order chi connectivity index (χ1) is 8.72. The molecule has 1 fully saturated rings. The normalized spacial score (nSPS) is 19.6. The van der Waals surface area contributed by atoms with Crippen molar-refractivity contribution in [1.29, 1.82) is 0 Å². The quantitative estimate of drug-likeness (QED) is 0.711. The molecule has 1 rings (SSSR count). The molecule has 19 heavy (non-hydrogen) atoms. The Morgan fingerprint density at radius 2 is 1.84 bits per heavy atom. The molecule has 114 valence electrons. The molecule has 0 unspecified atom stereocenters. The predicted octanol–water partition coefficient (Wildman–Crippen LogP) is 2.50. The second-order valence-electron chi connectivity index (χ2n) is 7.72. The van der Waals surface area contributed by atoms with E-state index in [9.17, 15) is 5.11 Å². The molecule has 0 aromatic heterocycles.